The van der Waals surface area contributed by atoms with Crippen molar-refractivity contribution in [3.63, 3.8) is 0 Å². The number of carbonyl (C=O) groups excluding carboxylic acids is 1. The van der Waals surface area contributed by atoms with Gasteiger partial charge in [0, 0.05) is 17.7 Å². The Balaban J connectivity index is 2.14. The highest BCUT2D eigenvalue weighted by molar-refractivity contribution is 6.06. The highest BCUT2D eigenvalue weighted by atomic mass is 19.4. The highest BCUT2D eigenvalue weighted by Crippen LogP contribution is 2.40. The average molecular weight is 359 g/mol. The molecule has 0 unspecified atom stereocenters. The molecule has 4 nitrogen and oxygen atoms in total. The molecule has 9 heteroatoms. The van der Waals surface area contributed by atoms with Crippen LogP contribution in [-0.4, -0.2) is 27.9 Å². The van der Waals surface area contributed by atoms with Crippen molar-refractivity contribution in [2.24, 2.45) is 0 Å². The molecule has 1 aliphatic heterocycles. The minimum absolute atomic E-state index is 0.0479. The van der Waals surface area contributed by atoms with Crippen LogP contribution < -0.4 is 4.90 Å². The summed E-state index contributed by atoms with van der Waals surface area (Å²) in [5, 5.41) is 4.12. The lowest BCUT2D eigenvalue weighted by Crippen LogP contribution is -2.53. The molecule has 2 heterocycles. The smallest absolute Gasteiger partial charge is 0.280 e. The molecule has 1 aliphatic rings. The number of hydrogen-bond acceptors (Lipinski definition) is 2. The van der Waals surface area contributed by atoms with Crippen molar-refractivity contribution in [2.45, 2.75) is 38.5 Å². The van der Waals surface area contributed by atoms with Crippen molar-refractivity contribution in [2.75, 3.05) is 4.90 Å². The van der Waals surface area contributed by atoms with Crippen molar-refractivity contribution >= 4 is 11.7 Å². The van der Waals surface area contributed by atoms with Gasteiger partial charge in [0.2, 0.25) is 0 Å². The number of amides is 1. The molecule has 3 rings (SSSR count). The Morgan fingerprint density at radius 3 is 2.32 bits per heavy atom. The van der Waals surface area contributed by atoms with Gasteiger partial charge in [0.25, 0.3) is 5.91 Å². The zero-order valence-corrected chi connectivity index (χ0v) is 13.3. The molecule has 1 aromatic heterocycles. The lowest BCUT2D eigenvalue weighted by Gasteiger charge is -2.39. The first kappa shape index (κ1) is 17.4. The zero-order chi connectivity index (χ0) is 18.5. The van der Waals surface area contributed by atoms with Crippen molar-refractivity contribution in [1.29, 1.82) is 0 Å². The van der Waals surface area contributed by atoms with E-state index >= 15 is 0 Å². The van der Waals surface area contributed by atoms with E-state index in [0.29, 0.717) is 28.8 Å². The summed E-state index contributed by atoms with van der Waals surface area (Å²) in [4.78, 5) is 13.2. The fourth-order valence-electron chi connectivity index (χ4n) is 3.04. The van der Waals surface area contributed by atoms with Gasteiger partial charge in [0.1, 0.15) is 23.5 Å². The summed E-state index contributed by atoms with van der Waals surface area (Å²) in [6.07, 6.45) is -5.10. The third-order valence-electron chi connectivity index (χ3n) is 4.08. The van der Waals surface area contributed by atoms with Gasteiger partial charge >= 0.3 is 6.18 Å². The number of anilines is 1. The molecular weight excluding hydrogens is 345 g/mol. The van der Waals surface area contributed by atoms with Crippen LogP contribution in [0.15, 0.2) is 24.3 Å². The predicted octanol–water partition coefficient (Wildman–Crippen LogP) is 4.01. The molecule has 2 aromatic rings. The molecule has 0 fully saturated rings. The number of nitrogens with zero attached hydrogens (tertiary/aromatic N) is 3. The van der Waals surface area contributed by atoms with E-state index in [4.69, 9.17) is 0 Å². The minimum Gasteiger partial charge on any atom is -0.280 e. The number of aryl methyl sites for hydroxylation is 1. The van der Waals surface area contributed by atoms with Gasteiger partial charge < -0.3 is 0 Å². The zero-order valence-electron chi connectivity index (χ0n) is 13.3. The molecule has 0 spiro atoms. The second-order valence-corrected chi connectivity index (χ2v) is 6.06. The molecule has 1 amide bonds. The van der Waals surface area contributed by atoms with Crippen molar-refractivity contribution in [3.05, 3.63) is 47.2 Å². The molecule has 0 N–H and O–H groups in total. The fraction of sp³-hybridized carbons (Fsp3) is 0.375. The first-order valence-corrected chi connectivity index (χ1v) is 7.50. The molecular formula is C16H14F5N3O. The lowest BCUT2D eigenvalue weighted by atomic mass is 10.0. The van der Waals surface area contributed by atoms with E-state index in [1.165, 1.54) is 10.7 Å². The van der Waals surface area contributed by atoms with Gasteiger partial charge in [0.05, 0.1) is 11.7 Å². The van der Waals surface area contributed by atoms with E-state index < -0.39 is 47.8 Å². The van der Waals surface area contributed by atoms with E-state index in [9.17, 15) is 26.7 Å². The summed E-state index contributed by atoms with van der Waals surface area (Å²) in [5.41, 5.74) is -0.0559. The van der Waals surface area contributed by atoms with Gasteiger partial charge in [-0.2, -0.15) is 18.3 Å². The third-order valence-corrected chi connectivity index (χ3v) is 4.08. The Morgan fingerprint density at radius 2 is 1.76 bits per heavy atom. The summed E-state index contributed by atoms with van der Waals surface area (Å²) in [7, 11) is 0. The second-order valence-electron chi connectivity index (χ2n) is 6.06. The van der Waals surface area contributed by atoms with Gasteiger partial charge in [-0.25, -0.2) is 13.5 Å². The highest BCUT2D eigenvalue weighted by Gasteiger charge is 2.50. The molecule has 0 bridgehead atoms. The van der Waals surface area contributed by atoms with Crippen molar-refractivity contribution < 1.29 is 26.7 Å². The average Bonchev–Trinajstić information content (AvgIpc) is 2.86. The van der Waals surface area contributed by atoms with E-state index in [1.807, 2.05) is 0 Å². The number of rotatable bonds is 1. The van der Waals surface area contributed by atoms with Crippen LogP contribution in [0.3, 0.4) is 0 Å². The second kappa shape index (κ2) is 5.82. The Morgan fingerprint density at radius 1 is 1.16 bits per heavy atom. The van der Waals surface area contributed by atoms with E-state index in [1.54, 1.807) is 13.8 Å². The standard InChI is InChI=1S/C16H14F5N3O/c1-8-3-14-23(15(25)10-5-11(17)7-12(18)6-10)13(16(19,20)21)4-9(2)24(14)22-8/h3,5-7,9,13H,4H2,1-2H3/t9-,13+/m0/s1. The first-order chi connectivity index (χ1) is 11.6. The molecule has 0 radical (unpaired) electrons. The Kier molecular flexibility index (Phi) is 4.04. The Hall–Kier alpha value is -2.45. The van der Waals surface area contributed by atoms with Gasteiger partial charge in [-0.3, -0.25) is 9.69 Å². The topological polar surface area (TPSA) is 38.1 Å². The van der Waals surface area contributed by atoms with Gasteiger partial charge in [-0.15, -0.1) is 0 Å². The maximum absolute atomic E-state index is 13.5. The van der Waals surface area contributed by atoms with E-state index in [2.05, 4.69) is 5.10 Å². The Labute approximate surface area is 139 Å². The van der Waals surface area contributed by atoms with Gasteiger partial charge in [-0.05, 0) is 32.4 Å². The molecule has 0 aliphatic carbocycles. The van der Waals surface area contributed by atoms with Crippen LogP contribution in [0.2, 0.25) is 0 Å². The van der Waals surface area contributed by atoms with Crippen LogP contribution in [0.1, 0.15) is 35.4 Å². The summed E-state index contributed by atoms with van der Waals surface area (Å²) in [5.74, 6) is -3.26. The first-order valence-electron chi connectivity index (χ1n) is 7.50. The fourth-order valence-corrected chi connectivity index (χ4v) is 3.04. The van der Waals surface area contributed by atoms with Crippen LogP contribution in [0, 0.1) is 18.6 Å². The largest absolute Gasteiger partial charge is 0.409 e. The van der Waals surface area contributed by atoms with Crippen molar-refractivity contribution in [3.8, 4) is 0 Å². The number of benzene rings is 1. The number of alkyl halides is 3. The SMILES string of the molecule is Cc1cc2n(n1)[C@@H](C)C[C@H](C(F)(F)F)N2C(=O)c1cc(F)cc(F)c1. The van der Waals surface area contributed by atoms with Crippen LogP contribution in [0.4, 0.5) is 27.8 Å². The molecule has 134 valence electrons. The summed E-state index contributed by atoms with van der Waals surface area (Å²) < 4.78 is 68.7. The molecule has 2 atom stereocenters. The Bertz CT molecular complexity index is 809. The van der Waals surface area contributed by atoms with E-state index in [0.717, 1.165) is 0 Å². The monoisotopic (exact) mass is 359 g/mol. The maximum Gasteiger partial charge on any atom is 0.409 e. The van der Waals surface area contributed by atoms with Gasteiger partial charge in [0.15, 0.2) is 0 Å². The predicted molar refractivity (Wildman–Crippen MR) is 79.3 cm³/mol. The number of hydrogen-bond donors (Lipinski definition) is 0. The number of carbonyl (C=O) groups is 1. The van der Waals surface area contributed by atoms with E-state index in [-0.39, 0.29) is 5.82 Å². The summed E-state index contributed by atoms with van der Waals surface area (Å²) in [6.45, 7) is 3.16. The summed E-state index contributed by atoms with van der Waals surface area (Å²) in [6, 6.07) is 0.634. The third kappa shape index (κ3) is 3.10. The lowest BCUT2D eigenvalue weighted by molar-refractivity contribution is -0.152. The number of halogens is 5. The normalized spacial score (nSPS) is 20.5. The molecule has 25 heavy (non-hydrogen) atoms. The molecule has 1 aromatic carbocycles. The number of aromatic nitrogens is 2. The molecule has 0 saturated heterocycles. The van der Waals surface area contributed by atoms with Gasteiger partial charge in [-0.1, -0.05) is 0 Å². The summed E-state index contributed by atoms with van der Waals surface area (Å²) >= 11 is 0. The van der Waals surface area contributed by atoms with Crippen molar-refractivity contribution in [1.82, 2.24) is 9.78 Å². The molecule has 0 saturated carbocycles. The number of fused-ring (bicyclic) bond motifs is 1. The quantitative estimate of drug-likeness (QED) is 0.722. The van der Waals surface area contributed by atoms with Crippen LogP contribution >= 0.6 is 0 Å². The van der Waals surface area contributed by atoms with Crippen LogP contribution in [0.25, 0.3) is 0 Å². The maximum atomic E-state index is 13.5. The minimum atomic E-state index is -4.70. The van der Waals surface area contributed by atoms with Crippen LogP contribution in [0.5, 0.6) is 0 Å². The van der Waals surface area contributed by atoms with Crippen LogP contribution in [-0.2, 0) is 0 Å².